The fraction of sp³-hybridized carbons (Fsp3) is 0.368. The van der Waals surface area contributed by atoms with Gasteiger partial charge in [0.05, 0.1) is 12.3 Å². The molecule has 0 saturated carbocycles. The van der Waals surface area contributed by atoms with Crippen LogP contribution in [0.3, 0.4) is 0 Å². The van der Waals surface area contributed by atoms with Crippen molar-refractivity contribution in [3.8, 4) is 5.75 Å². The average molecular weight is 396 g/mol. The van der Waals surface area contributed by atoms with Crippen molar-refractivity contribution in [2.75, 3.05) is 6.61 Å². The number of nitrogens with zero attached hydrogens (tertiary/aromatic N) is 2. The zero-order chi connectivity index (χ0) is 18.9. The Kier molecular flexibility index (Phi) is 8.01. The number of carbonyl (C=O) groups excluding carboxylic acids is 1. The number of halogens is 2. The van der Waals surface area contributed by atoms with Crippen LogP contribution in [0.5, 0.6) is 5.75 Å². The molecule has 0 radical (unpaired) electrons. The van der Waals surface area contributed by atoms with Crippen molar-refractivity contribution in [1.82, 2.24) is 15.1 Å². The zero-order valence-electron chi connectivity index (χ0n) is 15.0. The minimum atomic E-state index is -0.148. The van der Waals surface area contributed by atoms with Crippen LogP contribution in [-0.2, 0) is 13.6 Å². The number of aryl methyl sites for hydroxylation is 2. The van der Waals surface area contributed by atoms with Crippen LogP contribution in [0.4, 0.5) is 0 Å². The van der Waals surface area contributed by atoms with Gasteiger partial charge in [0, 0.05) is 13.6 Å². The van der Waals surface area contributed by atoms with Crippen LogP contribution in [-0.4, -0.2) is 22.3 Å². The van der Waals surface area contributed by atoms with Gasteiger partial charge in [-0.05, 0) is 49.9 Å². The quantitative estimate of drug-likeness (QED) is 0.634. The predicted octanol–water partition coefficient (Wildman–Crippen LogP) is 4.53. The van der Waals surface area contributed by atoms with E-state index >= 15 is 0 Å². The predicted molar refractivity (Wildman–Crippen MR) is 105 cm³/mol. The van der Waals surface area contributed by atoms with Crippen molar-refractivity contribution >= 4 is 29.1 Å². The number of carbonyl (C=O) groups is 1. The van der Waals surface area contributed by atoms with Crippen LogP contribution < -0.4 is 10.1 Å². The van der Waals surface area contributed by atoms with E-state index in [0.717, 1.165) is 36.3 Å². The number of hydrogen-bond donors (Lipinski definition) is 1. The van der Waals surface area contributed by atoms with Crippen LogP contribution in [0, 0.1) is 6.92 Å². The van der Waals surface area contributed by atoms with Crippen molar-refractivity contribution in [2.24, 2.45) is 7.05 Å². The summed E-state index contributed by atoms with van der Waals surface area (Å²) in [4.78, 5) is 12.2. The van der Waals surface area contributed by atoms with Gasteiger partial charge in [0.15, 0.2) is 0 Å². The van der Waals surface area contributed by atoms with Gasteiger partial charge in [-0.25, -0.2) is 0 Å². The first kappa shape index (κ1) is 20.3. The van der Waals surface area contributed by atoms with E-state index in [1.807, 2.05) is 31.2 Å². The molecule has 1 N–H and O–H groups in total. The number of aromatic nitrogens is 2. The lowest BCUT2D eigenvalue weighted by atomic mass is 10.2. The summed E-state index contributed by atoms with van der Waals surface area (Å²) in [5.41, 5.74) is 2.34. The zero-order valence-corrected chi connectivity index (χ0v) is 16.5. The fourth-order valence-corrected chi connectivity index (χ4v) is 2.71. The minimum Gasteiger partial charge on any atom is -0.494 e. The molecular weight excluding hydrogens is 373 g/mol. The van der Waals surface area contributed by atoms with E-state index < -0.39 is 0 Å². The summed E-state index contributed by atoms with van der Waals surface area (Å²) < 4.78 is 7.64. The molecule has 0 bridgehead atoms. The molecule has 0 unspecified atom stereocenters. The number of ether oxygens (including phenoxy) is 1. The highest BCUT2D eigenvalue weighted by atomic mass is 35.5. The maximum absolute atomic E-state index is 12.2. The van der Waals surface area contributed by atoms with Gasteiger partial charge in [-0.3, -0.25) is 9.48 Å². The first-order valence-electron chi connectivity index (χ1n) is 8.47. The molecule has 1 aromatic heterocycles. The van der Waals surface area contributed by atoms with Crippen LogP contribution in [0.1, 0.15) is 41.0 Å². The van der Waals surface area contributed by atoms with Crippen LogP contribution in [0.15, 0.2) is 40.9 Å². The number of unbranched alkanes of at least 4 members (excludes halogenated alkanes) is 2. The van der Waals surface area contributed by atoms with Crippen molar-refractivity contribution in [3.05, 3.63) is 57.9 Å². The lowest BCUT2D eigenvalue weighted by Gasteiger charge is -2.09. The molecule has 7 heteroatoms. The molecule has 0 aliphatic heterocycles. The molecule has 26 heavy (non-hydrogen) atoms. The lowest BCUT2D eigenvalue weighted by molar-refractivity contribution is 0.0941. The second-order valence-corrected chi connectivity index (χ2v) is 6.97. The maximum Gasteiger partial charge on any atom is 0.269 e. The van der Waals surface area contributed by atoms with E-state index in [4.69, 9.17) is 27.9 Å². The standard InChI is InChI=1S/C19H23Cl2N3O2/c1-14-11-17(24(2)23-14)19(25)22-13-15-7-6-8-16(12-15)26-10-5-3-4-9-18(20)21/h6-9,11-12H,3-5,10,13H2,1-2H3,(H,22,25). The molecule has 0 aliphatic rings. The van der Waals surface area contributed by atoms with Crippen LogP contribution in [0.2, 0.25) is 0 Å². The number of hydrogen-bond acceptors (Lipinski definition) is 3. The summed E-state index contributed by atoms with van der Waals surface area (Å²) in [5.74, 6) is 0.643. The highest BCUT2D eigenvalue weighted by Gasteiger charge is 2.11. The third-order valence-electron chi connectivity index (χ3n) is 3.75. The highest BCUT2D eigenvalue weighted by molar-refractivity contribution is 6.55. The molecule has 1 heterocycles. The molecule has 0 saturated heterocycles. The maximum atomic E-state index is 12.2. The first-order chi connectivity index (χ1) is 12.5. The number of rotatable bonds is 9. The number of amides is 1. The Bertz CT molecular complexity index is 768. The normalized spacial score (nSPS) is 10.5. The largest absolute Gasteiger partial charge is 0.494 e. The van der Waals surface area contributed by atoms with Gasteiger partial charge in [0.25, 0.3) is 5.91 Å². The Hall–Kier alpha value is -1.98. The molecule has 5 nitrogen and oxygen atoms in total. The summed E-state index contributed by atoms with van der Waals surface area (Å²) in [6, 6.07) is 9.48. The Morgan fingerprint density at radius 1 is 1.31 bits per heavy atom. The second-order valence-electron chi connectivity index (χ2n) is 5.96. The first-order valence-corrected chi connectivity index (χ1v) is 9.23. The van der Waals surface area contributed by atoms with E-state index in [1.165, 1.54) is 0 Å². The lowest BCUT2D eigenvalue weighted by Crippen LogP contribution is -2.25. The molecule has 2 rings (SSSR count). The van der Waals surface area contributed by atoms with Crippen LogP contribution in [0.25, 0.3) is 0 Å². The molecular formula is C19H23Cl2N3O2. The molecule has 1 amide bonds. The summed E-state index contributed by atoms with van der Waals surface area (Å²) in [6.45, 7) is 2.91. The van der Waals surface area contributed by atoms with E-state index in [9.17, 15) is 4.79 Å². The van der Waals surface area contributed by atoms with Gasteiger partial charge in [-0.15, -0.1) is 0 Å². The van der Waals surface area contributed by atoms with Crippen molar-refractivity contribution in [3.63, 3.8) is 0 Å². The Labute approximate surface area is 163 Å². The third-order valence-corrected chi connectivity index (χ3v) is 4.06. The van der Waals surface area contributed by atoms with E-state index in [2.05, 4.69) is 10.4 Å². The van der Waals surface area contributed by atoms with Gasteiger partial charge >= 0.3 is 0 Å². The Morgan fingerprint density at radius 2 is 2.12 bits per heavy atom. The summed E-state index contributed by atoms with van der Waals surface area (Å²) in [6.07, 6.45) is 4.50. The summed E-state index contributed by atoms with van der Waals surface area (Å²) >= 11 is 11.1. The summed E-state index contributed by atoms with van der Waals surface area (Å²) in [7, 11) is 1.76. The van der Waals surface area contributed by atoms with Crippen molar-refractivity contribution in [1.29, 1.82) is 0 Å². The SMILES string of the molecule is Cc1cc(C(=O)NCc2cccc(OCCCCC=C(Cl)Cl)c2)n(C)n1. The number of benzene rings is 1. The van der Waals surface area contributed by atoms with Gasteiger partial charge in [0.2, 0.25) is 0 Å². The second kappa shape index (κ2) is 10.2. The van der Waals surface area contributed by atoms with E-state index in [1.54, 1.807) is 23.9 Å². The smallest absolute Gasteiger partial charge is 0.269 e. The fourth-order valence-electron chi connectivity index (χ4n) is 2.49. The molecule has 140 valence electrons. The van der Waals surface area contributed by atoms with Gasteiger partial charge in [0.1, 0.15) is 15.9 Å². The molecule has 0 aliphatic carbocycles. The Morgan fingerprint density at radius 3 is 2.81 bits per heavy atom. The Balaban J connectivity index is 1.78. The highest BCUT2D eigenvalue weighted by Crippen LogP contribution is 2.15. The number of allylic oxidation sites excluding steroid dienone is 1. The van der Waals surface area contributed by atoms with Gasteiger partial charge < -0.3 is 10.1 Å². The molecule has 0 spiro atoms. The van der Waals surface area contributed by atoms with E-state index in [0.29, 0.717) is 23.3 Å². The molecule has 2 aromatic rings. The molecule has 0 fully saturated rings. The third kappa shape index (κ3) is 6.73. The average Bonchev–Trinajstić information content (AvgIpc) is 2.94. The van der Waals surface area contributed by atoms with Crippen molar-refractivity contribution in [2.45, 2.75) is 32.7 Å². The topological polar surface area (TPSA) is 56.1 Å². The monoisotopic (exact) mass is 395 g/mol. The van der Waals surface area contributed by atoms with Crippen LogP contribution >= 0.6 is 23.2 Å². The number of nitrogens with one attached hydrogen (secondary N) is 1. The summed E-state index contributed by atoms with van der Waals surface area (Å²) in [5, 5.41) is 7.09. The molecule has 1 aromatic carbocycles. The van der Waals surface area contributed by atoms with E-state index in [-0.39, 0.29) is 5.91 Å². The van der Waals surface area contributed by atoms with Gasteiger partial charge in [-0.1, -0.05) is 41.4 Å². The molecule has 0 atom stereocenters. The van der Waals surface area contributed by atoms with Gasteiger partial charge in [-0.2, -0.15) is 5.10 Å². The van der Waals surface area contributed by atoms with Crippen molar-refractivity contribution < 1.29 is 9.53 Å². The minimum absolute atomic E-state index is 0.148.